The minimum absolute atomic E-state index is 0.199. The van der Waals surface area contributed by atoms with Crippen molar-refractivity contribution in [3.8, 4) is 0 Å². The number of nitrogens with two attached hydrogens (primary N) is 1. The highest BCUT2D eigenvalue weighted by Gasteiger charge is 2.27. The first-order valence-electron chi connectivity index (χ1n) is 10.3. The van der Waals surface area contributed by atoms with Crippen LogP contribution in [-0.4, -0.2) is 34.5 Å². The second kappa shape index (κ2) is 8.93. The van der Waals surface area contributed by atoms with Crippen molar-refractivity contribution in [1.29, 1.82) is 0 Å². The summed E-state index contributed by atoms with van der Waals surface area (Å²) in [6, 6.07) is 17.5. The van der Waals surface area contributed by atoms with Crippen molar-refractivity contribution in [3.63, 3.8) is 0 Å². The van der Waals surface area contributed by atoms with Crippen LogP contribution in [0.4, 0.5) is 4.79 Å². The van der Waals surface area contributed by atoms with Gasteiger partial charge in [0.05, 0.1) is 15.2 Å². The molecule has 1 aromatic heterocycles. The van der Waals surface area contributed by atoms with Crippen LogP contribution in [0.3, 0.4) is 0 Å². The summed E-state index contributed by atoms with van der Waals surface area (Å²) in [6.07, 6.45) is 3.87. The molecule has 0 bridgehead atoms. The smallest absolute Gasteiger partial charge is 0.312 e. The minimum Gasteiger partial charge on any atom is -0.352 e. The van der Waals surface area contributed by atoms with Crippen molar-refractivity contribution in [2.24, 2.45) is 5.73 Å². The number of carbonyl (C=O) groups is 1. The van der Waals surface area contributed by atoms with Crippen LogP contribution in [-0.2, 0) is 13.0 Å². The largest absolute Gasteiger partial charge is 0.352 e. The number of amides is 2. The Labute approximate surface area is 175 Å². The highest BCUT2D eigenvalue weighted by molar-refractivity contribution is 7.18. The molecule has 0 unspecified atom stereocenters. The summed E-state index contributed by atoms with van der Waals surface area (Å²) >= 11 is 1.77. The first-order valence-corrected chi connectivity index (χ1v) is 11.1. The molecule has 2 heterocycles. The van der Waals surface area contributed by atoms with Gasteiger partial charge in [0.1, 0.15) is 0 Å². The maximum absolute atomic E-state index is 11.1. The van der Waals surface area contributed by atoms with Crippen molar-refractivity contribution in [1.82, 2.24) is 15.2 Å². The Hall–Kier alpha value is -2.44. The van der Waals surface area contributed by atoms with E-state index in [1.54, 1.807) is 11.3 Å². The Bertz CT molecular complexity index is 935. The van der Waals surface area contributed by atoms with E-state index in [4.69, 9.17) is 10.7 Å². The monoisotopic (exact) mass is 408 g/mol. The Balaban J connectivity index is 1.37. The van der Waals surface area contributed by atoms with E-state index in [0.717, 1.165) is 49.3 Å². The topological polar surface area (TPSA) is 71.2 Å². The lowest BCUT2D eigenvalue weighted by Crippen LogP contribution is -2.50. The predicted octanol–water partition coefficient (Wildman–Crippen LogP) is 4.30. The van der Waals surface area contributed by atoms with Gasteiger partial charge in [0.25, 0.3) is 0 Å². The molecule has 4 rings (SSSR count). The molecule has 0 aliphatic carbocycles. The van der Waals surface area contributed by atoms with Crippen LogP contribution in [0.5, 0.6) is 0 Å². The van der Waals surface area contributed by atoms with Crippen LogP contribution in [0, 0.1) is 0 Å². The van der Waals surface area contributed by atoms with Crippen molar-refractivity contribution < 1.29 is 4.79 Å². The predicted molar refractivity (Wildman–Crippen MR) is 119 cm³/mol. The van der Waals surface area contributed by atoms with E-state index in [2.05, 4.69) is 59.6 Å². The summed E-state index contributed by atoms with van der Waals surface area (Å²) in [4.78, 5) is 18.4. The van der Waals surface area contributed by atoms with Gasteiger partial charge in [-0.05, 0) is 42.5 Å². The number of carbonyl (C=O) groups excluding carboxylic acids is 1. The van der Waals surface area contributed by atoms with E-state index in [-0.39, 0.29) is 6.04 Å². The molecule has 5 nitrogen and oxygen atoms in total. The number of nitrogens with zero attached hydrogens (tertiary/aromatic N) is 2. The number of hydrogen-bond donors (Lipinski definition) is 2. The van der Waals surface area contributed by atoms with E-state index < -0.39 is 6.03 Å². The third kappa shape index (κ3) is 4.95. The number of urea groups is 1. The first kappa shape index (κ1) is 19.9. The van der Waals surface area contributed by atoms with Gasteiger partial charge in [0, 0.05) is 31.6 Å². The first-order chi connectivity index (χ1) is 14.1. The van der Waals surface area contributed by atoms with Crippen LogP contribution >= 0.6 is 11.3 Å². The molecular formula is C23H28N4OS. The van der Waals surface area contributed by atoms with Crippen LogP contribution in [0.2, 0.25) is 0 Å². The van der Waals surface area contributed by atoms with E-state index in [0.29, 0.717) is 6.04 Å². The maximum Gasteiger partial charge on any atom is 0.312 e. The zero-order chi connectivity index (χ0) is 20.2. The summed E-state index contributed by atoms with van der Waals surface area (Å²) in [5, 5.41) is 4.04. The van der Waals surface area contributed by atoms with Crippen molar-refractivity contribution in [2.45, 2.75) is 51.2 Å². The fourth-order valence-electron chi connectivity index (χ4n) is 4.23. The Kier molecular flexibility index (Phi) is 6.11. The highest BCUT2D eigenvalue weighted by Crippen LogP contribution is 2.25. The lowest BCUT2D eigenvalue weighted by atomic mass is 9.94. The molecule has 29 heavy (non-hydrogen) atoms. The number of hydrogen-bond acceptors (Lipinski definition) is 4. The zero-order valence-corrected chi connectivity index (χ0v) is 17.6. The zero-order valence-electron chi connectivity index (χ0n) is 16.8. The van der Waals surface area contributed by atoms with Gasteiger partial charge in [0.15, 0.2) is 0 Å². The molecule has 3 aromatic rings. The Morgan fingerprint density at radius 1 is 1.21 bits per heavy atom. The number of primary amides is 1. The molecule has 0 radical (unpaired) electrons. The second-order valence-electron chi connectivity index (χ2n) is 7.83. The number of thiazole rings is 1. The molecule has 1 aliphatic rings. The molecular weight excluding hydrogens is 380 g/mol. The molecule has 2 atom stereocenters. The van der Waals surface area contributed by atoms with Gasteiger partial charge in [-0.1, -0.05) is 43.3 Å². The standard InChI is InChI=1S/C23H28N4OS/c1-2-19-14-18(25-23(24)28)11-12-27(19)15-17-9-7-16(8-10-17)13-22-26-20-5-3-4-6-21(20)29-22/h3-10,18-19H,2,11-15H2,1H3,(H3,24,25,28)/t18-,19-/m0/s1. The summed E-state index contributed by atoms with van der Waals surface area (Å²) < 4.78 is 1.25. The second-order valence-corrected chi connectivity index (χ2v) is 8.95. The van der Waals surface area contributed by atoms with Crippen molar-refractivity contribution >= 4 is 27.6 Å². The third-order valence-electron chi connectivity index (χ3n) is 5.76. The van der Waals surface area contributed by atoms with Gasteiger partial charge in [-0.15, -0.1) is 11.3 Å². The van der Waals surface area contributed by atoms with E-state index in [1.807, 2.05) is 6.07 Å². The lowest BCUT2D eigenvalue weighted by Gasteiger charge is -2.39. The van der Waals surface area contributed by atoms with E-state index in [9.17, 15) is 4.79 Å². The summed E-state index contributed by atoms with van der Waals surface area (Å²) in [5.41, 5.74) is 9.01. The Morgan fingerprint density at radius 2 is 1.97 bits per heavy atom. The average molecular weight is 409 g/mol. The Morgan fingerprint density at radius 3 is 2.69 bits per heavy atom. The molecule has 152 valence electrons. The number of benzene rings is 2. The number of piperidine rings is 1. The van der Waals surface area contributed by atoms with Crippen LogP contribution in [0.15, 0.2) is 48.5 Å². The van der Waals surface area contributed by atoms with Gasteiger partial charge >= 0.3 is 6.03 Å². The molecule has 1 fully saturated rings. The minimum atomic E-state index is -0.415. The fourth-order valence-corrected chi connectivity index (χ4v) is 5.23. The fraction of sp³-hybridized carbons (Fsp3) is 0.391. The normalized spacial score (nSPS) is 20.0. The molecule has 1 aliphatic heterocycles. The molecule has 2 aromatic carbocycles. The molecule has 1 saturated heterocycles. The van der Waals surface area contributed by atoms with Crippen LogP contribution < -0.4 is 11.1 Å². The molecule has 3 N–H and O–H groups in total. The van der Waals surface area contributed by atoms with E-state index >= 15 is 0 Å². The molecule has 6 heteroatoms. The van der Waals surface area contributed by atoms with Crippen LogP contribution in [0.1, 0.15) is 42.3 Å². The molecule has 2 amide bonds. The number of fused-ring (bicyclic) bond motifs is 1. The van der Waals surface area contributed by atoms with Gasteiger partial charge < -0.3 is 11.1 Å². The number of rotatable bonds is 6. The van der Waals surface area contributed by atoms with Crippen molar-refractivity contribution in [3.05, 3.63) is 64.7 Å². The summed E-state index contributed by atoms with van der Waals surface area (Å²) in [7, 11) is 0. The molecule has 0 spiro atoms. The van der Waals surface area contributed by atoms with Gasteiger partial charge in [0.2, 0.25) is 0 Å². The third-order valence-corrected chi connectivity index (χ3v) is 6.79. The van der Waals surface area contributed by atoms with E-state index in [1.165, 1.54) is 15.8 Å². The summed E-state index contributed by atoms with van der Waals surface area (Å²) in [5.74, 6) is 0. The maximum atomic E-state index is 11.1. The highest BCUT2D eigenvalue weighted by atomic mass is 32.1. The number of nitrogens with one attached hydrogen (secondary N) is 1. The number of para-hydroxylation sites is 1. The number of aromatic nitrogens is 1. The van der Waals surface area contributed by atoms with Crippen LogP contribution in [0.25, 0.3) is 10.2 Å². The van der Waals surface area contributed by atoms with Crippen molar-refractivity contribution in [2.75, 3.05) is 6.54 Å². The molecule has 0 saturated carbocycles. The van der Waals surface area contributed by atoms with Gasteiger partial charge in [-0.2, -0.15) is 0 Å². The summed E-state index contributed by atoms with van der Waals surface area (Å²) in [6.45, 7) is 4.14. The SMILES string of the molecule is CC[C@H]1C[C@@H](NC(N)=O)CCN1Cc1ccc(Cc2nc3ccccc3s2)cc1. The average Bonchev–Trinajstić information content (AvgIpc) is 3.12. The lowest BCUT2D eigenvalue weighted by molar-refractivity contribution is 0.116. The van der Waals surface area contributed by atoms with Gasteiger partial charge in [-0.25, -0.2) is 9.78 Å². The van der Waals surface area contributed by atoms with Gasteiger partial charge in [-0.3, -0.25) is 4.90 Å². The quantitative estimate of drug-likeness (QED) is 0.639. The number of likely N-dealkylation sites (tertiary alicyclic amines) is 1.